The van der Waals surface area contributed by atoms with Gasteiger partial charge in [0.15, 0.2) is 5.76 Å². The Morgan fingerprint density at radius 3 is 2.43 bits per heavy atom. The molecule has 5 aromatic rings. The maximum absolute atomic E-state index is 14.5. The summed E-state index contributed by atoms with van der Waals surface area (Å²) in [6.45, 7) is -0.144. The molecule has 0 unspecified atom stereocenters. The van der Waals surface area contributed by atoms with E-state index in [0.717, 1.165) is 10.8 Å². The molecule has 35 heavy (non-hydrogen) atoms. The van der Waals surface area contributed by atoms with E-state index in [4.69, 9.17) is 27.6 Å². The molecule has 0 bridgehead atoms. The number of aromatic nitrogens is 3. The van der Waals surface area contributed by atoms with Gasteiger partial charge in [0.25, 0.3) is 0 Å². The van der Waals surface area contributed by atoms with Gasteiger partial charge in [0, 0.05) is 39.9 Å². The second-order valence-electron chi connectivity index (χ2n) is 7.70. The SMILES string of the molecule is O=C(c1cnc(-c2cccnc2)o1)c1c(C(F)(F)F)n(Cc2ccc(Cl)cc2)c2ccc(Cl)cc12. The minimum atomic E-state index is -4.85. The van der Waals surface area contributed by atoms with E-state index in [9.17, 15) is 18.0 Å². The number of nitrogens with zero attached hydrogens (tertiary/aromatic N) is 3. The third kappa shape index (κ3) is 4.42. The Bertz CT molecular complexity index is 1540. The largest absolute Gasteiger partial charge is 0.433 e. The zero-order chi connectivity index (χ0) is 24.7. The molecule has 0 saturated carbocycles. The topological polar surface area (TPSA) is 60.9 Å². The molecule has 3 heterocycles. The van der Waals surface area contributed by atoms with Crippen LogP contribution in [0.2, 0.25) is 10.0 Å². The van der Waals surface area contributed by atoms with Crippen LogP contribution in [0, 0.1) is 0 Å². The van der Waals surface area contributed by atoms with Crippen molar-refractivity contribution in [1.82, 2.24) is 14.5 Å². The van der Waals surface area contributed by atoms with E-state index in [2.05, 4.69) is 9.97 Å². The number of pyridine rings is 1. The first-order chi connectivity index (χ1) is 16.7. The molecular formula is C25H14Cl2F3N3O2. The van der Waals surface area contributed by atoms with Gasteiger partial charge in [-0.05, 0) is 48.0 Å². The molecule has 0 aliphatic rings. The number of hydrogen-bond donors (Lipinski definition) is 0. The Balaban J connectivity index is 1.70. The van der Waals surface area contributed by atoms with E-state index >= 15 is 0 Å². The molecule has 5 rings (SSSR count). The highest BCUT2D eigenvalue weighted by Crippen LogP contribution is 2.41. The third-order valence-corrected chi connectivity index (χ3v) is 5.90. The van der Waals surface area contributed by atoms with Crippen molar-refractivity contribution in [2.45, 2.75) is 12.7 Å². The first-order valence-electron chi connectivity index (χ1n) is 10.3. The summed E-state index contributed by atoms with van der Waals surface area (Å²) in [5.41, 5.74) is -0.404. The number of rotatable bonds is 5. The lowest BCUT2D eigenvalue weighted by atomic mass is 10.0. The number of oxazole rings is 1. The summed E-state index contributed by atoms with van der Waals surface area (Å²) in [5.74, 6) is -1.22. The maximum atomic E-state index is 14.5. The number of halogens is 5. The lowest BCUT2D eigenvalue weighted by Gasteiger charge is -2.14. The molecule has 3 aromatic heterocycles. The Morgan fingerprint density at radius 1 is 1.00 bits per heavy atom. The number of carbonyl (C=O) groups excluding carboxylic acids is 1. The number of carbonyl (C=O) groups is 1. The van der Waals surface area contributed by atoms with E-state index in [1.165, 1.54) is 24.4 Å². The van der Waals surface area contributed by atoms with Crippen molar-refractivity contribution >= 4 is 39.9 Å². The number of fused-ring (bicyclic) bond motifs is 1. The van der Waals surface area contributed by atoms with Gasteiger partial charge in [-0.3, -0.25) is 9.78 Å². The highest BCUT2D eigenvalue weighted by Gasteiger charge is 2.42. The van der Waals surface area contributed by atoms with Crippen molar-refractivity contribution in [3.63, 3.8) is 0 Å². The summed E-state index contributed by atoms with van der Waals surface area (Å²) in [6, 6.07) is 14.0. The Labute approximate surface area is 206 Å². The summed E-state index contributed by atoms with van der Waals surface area (Å²) in [6.07, 6.45) is -0.723. The first kappa shape index (κ1) is 23.1. The van der Waals surface area contributed by atoms with Crippen LogP contribution in [0.4, 0.5) is 13.2 Å². The van der Waals surface area contributed by atoms with E-state index < -0.39 is 23.2 Å². The lowest BCUT2D eigenvalue weighted by molar-refractivity contribution is -0.143. The van der Waals surface area contributed by atoms with Crippen LogP contribution in [-0.4, -0.2) is 20.3 Å². The van der Waals surface area contributed by atoms with Gasteiger partial charge in [0.1, 0.15) is 5.69 Å². The van der Waals surface area contributed by atoms with Crippen LogP contribution >= 0.6 is 23.2 Å². The summed E-state index contributed by atoms with van der Waals surface area (Å²) in [7, 11) is 0. The predicted molar refractivity (Wildman–Crippen MR) is 126 cm³/mol. The Kier molecular flexibility index (Phi) is 5.86. The monoisotopic (exact) mass is 515 g/mol. The first-order valence-corrected chi connectivity index (χ1v) is 11.0. The second kappa shape index (κ2) is 8.87. The zero-order valence-electron chi connectivity index (χ0n) is 17.7. The number of hydrogen-bond acceptors (Lipinski definition) is 4. The van der Waals surface area contributed by atoms with Gasteiger partial charge in [0.05, 0.1) is 17.3 Å². The summed E-state index contributed by atoms with van der Waals surface area (Å²) >= 11 is 12.0. The van der Waals surface area contributed by atoms with Gasteiger partial charge in [-0.15, -0.1) is 0 Å². The standard InChI is InChI=1S/C25H14Cl2F3N3O2/c26-16-5-3-14(4-6-16)13-33-19-8-7-17(27)10-18(19)21(23(33)25(28,29)30)22(34)20-12-32-24(35-20)15-2-1-9-31-11-15/h1-12H,13H2. The van der Waals surface area contributed by atoms with Crippen molar-refractivity contribution in [1.29, 1.82) is 0 Å². The molecule has 0 aliphatic carbocycles. The Morgan fingerprint density at radius 2 is 1.74 bits per heavy atom. The minimum Gasteiger partial charge on any atom is -0.433 e. The minimum absolute atomic E-state index is 0.0584. The third-order valence-electron chi connectivity index (χ3n) is 5.41. The highest BCUT2D eigenvalue weighted by molar-refractivity contribution is 6.32. The maximum Gasteiger partial charge on any atom is 0.432 e. The molecule has 0 N–H and O–H groups in total. The van der Waals surface area contributed by atoms with Crippen LogP contribution in [0.3, 0.4) is 0 Å². The smallest absolute Gasteiger partial charge is 0.432 e. The molecule has 0 spiro atoms. The van der Waals surface area contributed by atoms with Gasteiger partial charge in [-0.25, -0.2) is 4.98 Å². The van der Waals surface area contributed by atoms with Crippen LogP contribution in [0.1, 0.15) is 27.4 Å². The van der Waals surface area contributed by atoms with Crippen molar-refractivity contribution in [2.24, 2.45) is 0 Å². The van der Waals surface area contributed by atoms with Crippen LogP contribution in [0.25, 0.3) is 22.4 Å². The quantitative estimate of drug-likeness (QED) is 0.230. The summed E-state index contributed by atoms with van der Waals surface area (Å²) < 4.78 is 50.0. The number of alkyl halides is 3. The molecule has 10 heteroatoms. The van der Waals surface area contributed by atoms with Gasteiger partial charge in [-0.1, -0.05) is 35.3 Å². The fourth-order valence-electron chi connectivity index (χ4n) is 3.91. The molecule has 5 nitrogen and oxygen atoms in total. The molecule has 0 saturated heterocycles. The predicted octanol–water partition coefficient (Wildman–Crippen LogP) is 7.30. The average Bonchev–Trinajstić information content (AvgIpc) is 3.44. The van der Waals surface area contributed by atoms with Crippen LogP contribution < -0.4 is 0 Å². The van der Waals surface area contributed by atoms with E-state index in [1.54, 1.807) is 42.6 Å². The van der Waals surface area contributed by atoms with Gasteiger partial charge >= 0.3 is 6.18 Å². The van der Waals surface area contributed by atoms with Crippen LogP contribution in [0.15, 0.2) is 77.6 Å². The fraction of sp³-hybridized carbons (Fsp3) is 0.0800. The molecular weight excluding hydrogens is 502 g/mol. The Hall–Kier alpha value is -3.62. The molecule has 0 aliphatic heterocycles. The average molecular weight is 516 g/mol. The van der Waals surface area contributed by atoms with E-state index in [1.807, 2.05) is 0 Å². The van der Waals surface area contributed by atoms with Crippen molar-refractivity contribution < 1.29 is 22.4 Å². The van der Waals surface area contributed by atoms with E-state index in [-0.39, 0.29) is 34.1 Å². The fourth-order valence-corrected chi connectivity index (χ4v) is 4.21. The molecule has 0 atom stereocenters. The van der Waals surface area contributed by atoms with Crippen LogP contribution in [-0.2, 0) is 12.7 Å². The molecule has 0 radical (unpaired) electrons. The summed E-state index contributed by atoms with van der Waals surface area (Å²) in [5, 5.41) is 0.709. The number of benzene rings is 2. The molecule has 2 aromatic carbocycles. The molecule has 0 amide bonds. The van der Waals surface area contributed by atoms with Crippen molar-refractivity contribution in [3.05, 3.63) is 106 Å². The molecule has 176 valence electrons. The lowest BCUT2D eigenvalue weighted by Crippen LogP contribution is -2.18. The van der Waals surface area contributed by atoms with Crippen LogP contribution in [0.5, 0.6) is 0 Å². The highest BCUT2D eigenvalue weighted by atomic mass is 35.5. The number of ketones is 1. The van der Waals surface area contributed by atoms with Crippen molar-refractivity contribution in [3.8, 4) is 11.5 Å². The zero-order valence-corrected chi connectivity index (χ0v) is 19.2. The van der Waals surface area contributed by atoms with Gasteiger partial charge in [0.2, 0.25) is 11.7 Å². The second-order valence-corrected chi connectivity index (χ2v) is 8.57. The normalized spacial score (nSPS) is 11.8. The van der Waals surface area contributed by atoms with Gasteiger partial charge in [-0.2, -0.15) is 13.2 Å². The summed E-state index contributed by atoms with van der Waals surface area (Å²) in [4.78, 5) is 21.5. The van der Waals surface area contributed by atoms with Crippen molar-refractivity contribution in [2.75, 3.05) is 0 Å². The van der Waals surface area contributed by atoms with Gasteiger partial charge < -0.3 is 8.98 Å². The van der Waals surface area contributed by atoms with E-state index in [0.29, 0.717) is 16.1 Å². The molecule has 0 fully saturated rings.